The fourth-order valence-electron chi connectivity index (χ4n) is 1.89. The third kappa shape index (κ3) is 6.33. The summed E-state index contributed by atoms with van der Waals surface area (Å²) < 4.78 is 5.22. The van der Waals surface area contributed by atoms with Gasteiger partial charge in [-0.3, -0.25) is 0 Å². The van der Waals surface area contributed by atoms with E-state index in [0.717, 1.165) is 5.56 Å². The third-order valence-corrected chi connectivity index (χ3v) is 2.82. The number of ether oxygens (including phenoxy) is 1. The summed E-state index contributed by atoms with van der Waals surface area (Å²) in [7, 11) is 0. The molecule has 0 bridgehead atoms. The number of nitrogens with one attached hydrogen (secondary N) is 1. The van der Waals surface area contributed by atoms with Gasteiger partial charge in [0.2, 0.25) is 0 Å². The molecule has 1 amide bonds. The first-order valence-corrected chi connectivity index (χ1v) is 6.99. The van der Waals surface area contributed by atoms with Crippen LogP contribution in [0.25, 0.3) is 0 Å². The summed E-state index contributed by atoms with van der Waals surface area (Å²) in [5, 5.41) is 13.1. The Balaban J connectivity index is 2.76. The summed E-state index contributed by atoms with van der Waals surface area (Å²) in [5.74, 6) is 2.52. The minimum Gasteiger partial charge on any atom is -0.444 e. The molecule has 0 saturated heterocycles. The lowest BCUT2D eigenvalue weighted by atomic mass is 9.98. The van der Waals surface area contributed by atoms with E-state index in [0.29, 0.717) is 12.8 Å². The highest BCUT2D eigenvalue weighted by atomic mass is 16.6. The average Bonchev–Trinajstić information content (AvgIpc) is 2.41. The van der Waals surface area contributed by atoms with Gasteiger partial charge in [0.05, 0.1) is 12.1 Å². The molecule has 2 atom stereocenters. The Labute approximate surface area is 126 Å². The zero-order chi connectivity index (χ0) is 15.9. The van der Waals surface area contributed by atoms with E-state index in [1.54, 1.807) is 20.8 Å². The highest BCUT2D eigenvalue weighted by Crippen LogP contribution is 2.20. The lowest BCUT2D eigenvalue weighted by Crippen LogP contribution is -2.42. The number of amides is 1. The van der Waals surface area contributed by atoms with Gasteiger partial charge in [-0.2, -0.15) is 0 Å². The van der Waals surface area contributed by atoms with Crippen LogP contribution in [-0.2, 0) is 4.74 Å². The van der Waals surface area contributed by atoms with Crippen LogP contribution in [0.3, 0.4) is 0 Å². The predicted molar refractivity (Wildman–Crippen MR) is 82.6 cm³/mol. The van der Waals surface area contributed by atoms with Crippen molar-refractivity contribution >= 4 is 6.09 Å². The van der Waals surface area contributed by atoms with Crippen molar-refractivity contribution in [3.63, 3.8) is 0 Å². The van der Waals surface area contributed by atoms with E-state index in [1.165, 1.54) is 0 Å². The van der Waals surface area contributed by atoms with Crippen LogP contribution in [0.2, 0.25) is 0 Å². The number of benzene rings is 1. The molecule has 114 valence electrons. The number of aliphatic hydroxyl groups excluding tert-OH is 1. The molecular weight excluding hydrogens is 266 g/mol. The molecule has 0 aliphatic rings. The van der Waals surface area contributed by atoms with E-state index < -0.39 is 23.8 Å². The molecule has 0 heterocycles. The van der Waals surface area contributed by atoms with E-state index in [2.05, 4.69) is 11.2 Å². The fraction of sp³-hybridized carbons (Fsp3) is 0.471. The lowest BCUT2D eigenvalue weighted by Gasteiger charge is -2.26. The Bertz CT molecular complexity index is 485. The summed E-state index contributed by atoms with van der Waals surface area (Å²) >= 11 is 0. The van der Waals surface area contributed by atoms with Crippen molar-refractivity contribution in [1.29, 1.82) is 0 Å². The number of hydrogen-bond acceptors (Lipinski definition) is 3. The first-order chi connectivity index (χ1) is 9.83. The van der Waals surface area contributed by atoms with E-state index >= 15 is 0 Å². The average molecular weight is 289 g/mol. The molecule has 0 unspecified atom stereocenters. The van der Waals surface area contributed by atoms with Crippen LogP contribution in [0.5, 0.6) is 0 Å². The normalized spacial score (nSPS) is 13.9. The van der Waals surface area contributed by atoms with Crippen molar-refractivity contribution in [2.75, 3.05) is 0 Å². The van der Waals surface area contributed by atoms with Crippen LogP contribution in [0.15, 0.2) is 30.3 Å². The summed E-state index contributed by atoms with van der Waals surface area (Å²) in [6.07, 6.45) is 4.83. The van der Waals surface area contributed by atoms with Crippen LogP contribution < -0.4 is 5.32 Å². The standard InChI is InChI=1S/C17H23NO3/c1-5-6-12-14(18-16(20)21-17(2,3)4)15(19)13-10-8-7-9-11-13/h1,7-11,14-15,19H,6,12H2,2-4H3,(H,18,20)/t14-,15+/m0/s1. The minimum atomic E-state index is -0.827. The molecule has 0 radical (unpaired) electrons. The highest BCUT2D eigenvalue weighted by Gasteiger charge is 2.25. The molecule has 1 aromatic carbocycles. The van der Waals surface area contributed by atoms with Crippen LogP contribution in [0.4, 0.5) is 4.79 Å². The van der Waals surface area contributed by atoms with Gasteiger partial charge in [0.25, 0.3) is 0 Å². The molecular formula is C17H23NO3. The molecule has 0 spiro atoms. The van der Waals surface area contributed by atoms with E-state index in [1.807, 2.05) is 30.3 Å². The van der Waals surface area contributed by atoms with E-state index in [-0.39, 0.29) is 0 Å². The monoisotopic (exact) mass is 289 g/mol. The van der Waals surface area contributed by atoms with Crippen LogP contribution in [0.1, 0.15) is 45.3 Å². The molecule has 2 N–H and O–H groups in total. The molecule has 0 saturated carbocycles. The molecule has 0 aromatic heterocycles. The number of carbonyl (C=O) groups excluding carboxylic acids is 1. The summed E-state index contributed by atoms with van der Waals surface area (Å²) in [5.41, 5.74) is 0.147. The number of rotatable bonds is 5. The number of terminal acetylenes is 1. The van der Waals surface area contributed by atoms with Gasteiger partial charge >= 0.3 is 6.09 Å². The second-order valence-corrected chi connectivity index (χ2v) is 5.85. The van der Waals surface area contributed by atoms with Gasteiger partial charge < -0.3 is 15.2 Å². The summed E-state index contributed by atoms with van der Waals surface area (Å²) in [6, 6.07) is 8.68. The molecule has 1 aromatic rings. The van der Waals surface area contributed by atoms with Gasteiger partial charge in [0.1, 0.15) is 5.60 Å². The molecule has 0 fully saturated rings. The van der Waals surface area contributed by atoms with Crippen molar-refractivity contribution in [2.45, 2.75) is 51.4 Å². The molecule has 0 aliphatic heterocycles. The highest BCUT2D eigenvalue weighted by molar-refractivity contribution is 5.68. The van der Waals surface area contributed by atoms with Gasteiger partial charge in [-0.05, 0) is 32.8 Å². The van der Waals surface area contributed by atoms with Gasteiger partial charge in [0, 0.05) is 6.42 Å². The van der Waals surface area contributed by atoms with Crippen LogP contribution >= 0.6 is 0 Å². The van der Waals surface area contributed by atoms with Crippen molar-refractivity contribution in [1.82, 2.24) is 5.32 Å². The summed E-state index contributed by atoms with van der Waals surface area (Å²) in [4.78, 5) is 11.9. The SMILES string of the molecule is C#CCC[C@H](NC(=O)OC(C)(C)C)[C@H](O)c1ccccc1. The Kier molecular flexibility index (Phi) is 6.26. The topological polar surface area (TPSA) is 58.6 Å². The van der Waals surface area contributed by atoms with Crippen LogP contribution in [0, 0.1) is 12.3 Å². The van der Waals surface area contributed by atoms with Gasteiger partial charge in [-0.15, -0.1) is 12.3 Å². The van der Waals surface area contributed by atoms with E-state index in [9.17, 15) is 9.90 Å². The Hall–Kier alpha value is -1.99. The first-order valence-electron chi connectivity index (χ1n) is 6.99. The predicted octanol–water partition coefficient (Wildman–Crippen LogP) is 3.03. The zero-order valence-corrected chi connectivity index (χ0v) is 12.8. The van der Waals surface area contributed by atoms with Gasteiger partial charge in [-0.25, -0.2) is 4.79 Å². The smallest absolute Gasteiger partial charge is 0.407 e. The maximum absolute atomic E-state index is 11.9. The molecule has 21 heavy (non-hydrogen) atoms. The van der Waals surface area contributed by atoms with Gasteiger partial charge in [0.15, 0.2) is 0 Å². The Morgan fingerprint density at radius 1 is 1.38 bits per heavy atom. The number of alkyl carbamates (subject to hydrolysis) is 1. The summed E-state index contributed by atoms with van der Waals surface area (Å²) in [6.45, 7) is 5.37. The number of hydrogen-bond donors (Lipinski definition) is 2. The van der Waals surface area contributed by atoms with Crippen molar-refractivity contribution in [2.24, 2.45) is 0 Å². The maximum atomic E-state index is 11.9. The fourth-order valence-corrected chi connectivity index (χ4v) is 1.89. The number of carbonyl (C=O) groups is 1. The Morgan fingerprint density at radius 2 is 2.00 bits per heavy atom. The third-order valence-electron chi connectivity index (χ3n) is 2.82. The molecule has 1 rings (SSSR count). The van der Waals surface area contributed by atoms with Gasteiger partial charge in [-0.1, -0.05) is 30.3 Å². The zero-order valence-electron chi connectivity index (χ0n) is 12.8. The van der Waals surface area contributed by atoms with E-state index in [4.69, 9.17) is 11.2 Å². The molecule has 4 heteroatoms. The first kappa shape index (κ1) is 17.1. The second-order valence-electron chi connectivity index (χ2n) is 5.85. The second kappa shape index (κ2) is 7.70. The van der Waals surface area contributed by atoms with Crippen LogP contribution in [-0.4, -0.2) is 22.8 Å². The minimum absolute atomic E-state index is 0.463. The lowest BCUT2D eigenvalue weighted by molar-refractivity contribution is 0.0415. The van der Waals surface area contributed by atoms with Crippen molar-refractivity contribution in [3.8, 4) is 12.3 Å². The molecule has 0 aliphatic carbocycles. The maximum Gasteiger partial charge on any atom is 0.407 e. The number of aliphatic hydroxyl groups is 1. The Morgan fingerprint density at radius 3 is 2.52 bits per heavy atom. The molecule has 4 nitrogen and oxygen atoms in total. The van der Waals surface area contributed by atoms with Crippen molar-refractivity contribution in [3.05, 3.63) is 35.9 Å². The quantitative estimate of drug-likeness (QED) is 0.819. The van der Waals surface area contributed by atoms with Crippen molar-refractivity contribution < 1.29 is 14.6 Å². The largest absolute Gasteiger partial charge is 0.444 e.